The number of hydrogen-bond donors (Lipinski definition) is 3. The molecule has 5 heteroatoms. The number of aromatic hydroxyl groups is 3. The number of benzene rings is 2. The fourth-order valence-corrected chi connectivity index (χ4v) is 2.82. The number of ether oxygens (including phenoxy) is 1. The lowest BCUT2D eigenvalue weighted by molar-refractivity contribution is -0.141. The average Bonchev–Trinajstić information content (AvgIpc) is 2.94. The van der Waals surface area contributed by atoms with Crippen molar-refractivity contribution in [1.82, 2.24) is 0 Å². The largest absolute Gasteiger partial charge is 0.508 e. The van der Waals surface area contributed by atoms with Gasteiger partial charge in [-0.2, -0.15) is 0 Å². The van der Waals surface area contributed by atoms with Crippen LogP contribution in [0, 0.1) is 11.8 Å². The van der Waals surface area contributed by atoms with Gasteiger partial charge < -0.3 is 20.1 Å². The molecule has 1 saturated heterocycles. The van der Waals surface area contributed by atoms with Gasteiger partial charge in [0.05, 0.1) is 18.0 Å². The molecule has 0 unspecified atom stereocenters. The molecule has 0 saturated carbocycles. The number of cyclic esters (lactones) is 1. The smallest absolute Gasteiger partial charge is 0.309 e. The van der Waals surface area contributed by atoms with Crippen LogP contribution in [0.1, 0.15) is 16.6 Å². The Morgan fingerprint density at radius 1 is 1.04 bits per heavy atom. The molecule has 1 aliphatic rings. The van der Waals surface area contributed by atoms with Crippen LogP contribution in [0.5, 0.6) is 17.2 Å². The van der Waals surface area contributed by atoms with Gasteiger partial charge in [0.15, 0.2) is 0 Å². The standard InChI is InChI=1S/C18H18O5/c19-14-3-1-2-11(5-14)4-13-10-23-18(22)17(13)8-12-6-15(20)9-16(21)7-12/h1-3,5-7,9,13,17,19-21H,4,8,10H2/t13-,17+/m0/s1/i1D,2D,3D,5D. The Hall–Kier alpha value is -2.69. The number of carbonyl (C=O) groups excluding carboxylic acids is 1. The highest BCUT2D eigenvalue weighted by Gasteiger charge is 2.36. The summed E-state index contributed by atoms with van der Waals surface area (Å²) >= 11 is 0. The molecule has 0 aromatic heterocycles. The summed E-state index contributed by atoms with van der Waals surface area (Å²) in [6, 6.07) is 2.27. The molecule has 0 amide bonds. The highest BCUT2D eigenvalue weighted by molar-refractivity contribution is 5.75. The molecule has 5 nitrogen and oxygen atoms in total. The first-order valence-corrected chi connectivity index (χ1v) is 7.15. The van der Waals surface area contributed by atoms with E-state index in [0.717, 1.165) is 0 Å². The van der Waals surface area contributed by atoms with E-state index in [9.17, 15) is 20.1 Å². The number of phenols is 3. The van der Waals surface area contributed by atoms with Crippen LogP contribution in [0.25, 0.3) is 0 Å². The van der Waals surface area contributed by atoms with Crippen molar-refractivity contribution in [1.29, 1.82) is 0 Å². The summed E-state index contributed by atoms with van der Waals surface area (Å²) in [5.41, 5.74) is 0.615. The summed E-state index contributed by atoms with van der Waals surface area (Å²) in [6.07, 6.45) is 0.237. The Morgan fingerprint density at radius 2 is 1.78 bits per heavy atom. The zero-order valence-corrected chi connectivity index (χ0v) is 12.2. The van der Waals surface area contributed by atoms with E-state index in [1.165, 1.54) is 18.2 Å². The summed E-state index contributed by atoms with van der Waals surface area (Å²) in [4.78, 5) is 12.1. The second-order valence-electron chi connectivity index (χ2n) is 5.59. The van der Waals surface area contributed by atoms with Gasteiger partial charge in [-0.1, -0.05) is 12.1 Å². The monoisotopic (exact) mass is 318 g/mol. The molecule has 23 heavy (non-hydrogen) atoms. The van der Waals surface area contributed by atoms with E-state index in [1.807, 2.05) is 0 Å². The van der Waals surface area contributed by atoms with Crippen LogP contribution >= 0.6 is 0 Å². The highest BCUT2D eigenvalue weighted by Crippen LogP contribution is 2.31. The van der Waals surface area contributed by atoms with Gasteiger partial charge in [0.2, 0.25) is 0 Å². The van der Waals surface area contributed by atoms with Crippen LogP contribution in [-0.2, 0) is 22.4 Å². The predicted molar refractivity (Wildman–Crippen MR) is 83.2 cm³/mol. The molecule has 0 spiro atoms. The van der Waals surface area contributed by atoms with Crippen molar-refractivity contribution in [2.45, 2.75) is 12.8 Å². The van der Waals surface area contributed by atoms with Crippen LogP contribution in [0.2, 0.25) is 0 Å². The maximum Gasteiger partial charge on any atom is 0.309 e. The lowest BCUT2D eigenvalue weighted by Gasteiger charge is -2.16. The average molecular weight is 318 g/mol. The van der Waals surface area contributed by atoms with Gasteiger partial charge in [-0.3, -0.25) is 4.79 Å². The minimum Gasteiger partial charge on any atom is -0.508 e. The van der Waals surface area contributed by atoms with Crippen LogP contribution in [0.4, 0.5) is 0 Å². The van der Waals surface area contributed by atoms with Crippen molar-refractivity contribution in [2.75, 3.05) is 6.61 Å². The molecular formula is C18H18O5. The quantitative estimate of drug-likeness (QED) is 0.753. The number of esters is 1. The minimum absolute atomic E-state index is 0.0542. The lowest BCUT2D eigenvalue weighted by atomic mass is 9.85. The number of phenolic OH excluding ortho intramolecular Hbond substituents is 3. The molecule has 0 radical (unpaired) electrons. The Kier molecular flexibility index (Phi) is 2.95. The normalized spacial score (nSPS) is 22.9. The molecule has 2 aromatic carbocycles. The van der Waals surface area contributed by atoms with Gasteiger partial charge in [0.1, 0.15) is 17.2 Å². The Bertz CT molecular complexity index is 866. The molecule has 0 aliphatic carbocycles. The number of hydrogen-bond acceptors (Lipinski definition) is 5. The molecule has 2 atom stereocenters. The van der Waals surface area contributed by atoms with Crippen LogP contribution in [-0.4, -0.2) is 27.9 Å². The maximum absolute atomic E-state index is 12.1. The Morgan fingerprint density at radius 3 is 2.52 bits per heavy atom. The van der Waals surface area contributed by atoms with E-state index in [-0.39, 0.29) is 42.6 Å². The van der Waals surface area contributed by atoms with E-state index >= 15 is 0 Å². The fraction of sp³-hybridized carbons (Fsp3) is 0.278. The summed E-state index contributed by atoms with van der Waals surface area (Å²) in [7, 11) is 0. The first-order valence-electron chi connectivity index (χ1n) is 9.15. The van der Waals surface area contributed by atoms with Gasteiger partial charge in [0, 0.05) is 12.0 Å². The first-order chi connectivity index (χ1) is 12.7. The van der Waals surface area contributed by atoms with Crippen molar-refractivity contribution >= 4 is 5.97 Å². The zero-order valence-electron chi connectivity index (χ0n) is 16.2. The van der Waals surface area contributed by atoms with Gasteiger partial charge in [-0.15, -0.1) is 0 Å². The molecule has 0 bridgehead atoms. The molecule has 2 aromatic rings. The lowest BCUT2D eigenvalue weighted by Crippen LogP contribution is -2.20. The first kappa shape index (κ1) is 10.9. The molecule has 1 aliphatic heterocycles. The Labute approximate surface area is 139 Å². The molecular weight excluding hydrogens is 296 g/mol. The van der Waals surface area contributed by atoms with Crippen molar-refractivity contribution < 1.29 is 30.3 Å². The summed E-state index contributed by atoms with van der Waals surface area (Å²) in [5, 5.41) is 29.1. The van der Waals surface area contributed by atoms with E-state index in [0.29, 0.717) is 5.56 Å². The van der Waals surface area contributed by atoms with Crippen molar-refractivity contribution in [3.05, 3.63) is 53.5 Å². The van der Waals surface area contributed by atoms with E-state index in [2.05, 4.69) is 0 Å². The van der Waals surface area contributed by atoms with E-state index < -0.39 is 41.7 Å². The zero-order chi connectivity index (χ0) is 19.9. The van der Waals surface area contributed by atoms with Crippen LogP contribution in [0.3, 0.4) is 0 Å². The fourth-order valence-electron chi connectivity index (χ4n) is 2.82. The summed E-state index contributed by atoms with van der Waals surface area (Å²) in [5.74, 6) is -2.43. The summed E-state index contributed by atoms with van der Waals surface area (Å²) in [6.45, 7) is 0.0594. The Balaban J connectivity index is 1.89. The molecule has 1 heterocycles. The second-order valence-corrected chi connectivity index (χ2v) is 5.59. The van der Waals surface area contributed by atoms with Gasteiger partial charge in [0.25, 0.3) is 0 Å². The van der Waals surface area contributed by atoms with E-state index in [1.54, 1.807) is 0 Å². The third-order valence-electron chi connectivity index (χ3n) is 3.86. The maximum atomic E-state index is 12.1. The third kappa shape index (κ3) is 3.56. The predicted octanol–water partition coefficient (Wildman–Crippen LogP) is 2.38. The minimum atomic E-state index is -0.661. The van der Waals surface area contributed by atoms with Crippen LogP contribution in [0.15, 0.2) is 42.4 Å². The molecule has 120 valence electrons. The van der Waals surface area contributed by atoms with Crippen molar-refractivity contribution in [3.63, 3.8) is 0 Å². The number of carbonyl (C=O) groups is 1. The molecule has 3 N–H and O–H groups in total. The van der Waals surface area contributed by atoms with E-state index in [4.69, 9.17) is 10.2 Å². The molecule has 3 rings (SSSR count). The summed E-state index contributed by atoms with van der Waals surface area (Å²) < 4.78 is 36.4. The van der Waals surface area contributed by atoms with Crippen molar-refractivity contribution in [3.8, 4) is 17.2 Å². The van der Waals surface area contributed by atoms with Gasteiger partial charge in [-0.25, -0.2) is 0 Å². The van der Waals surface area contributed by atoms with Crippen molar-refractivity contribution in [2.24, 2.45) is 11.8 Å². The van der Waals surface area contributed by atoms with Gasteiger partial charge in [-0.05, 0) is 48.2 Å². The van der Waals surface area contributed by atoms with Gasteiger partial charge >= 0.3 is 5.97 Å². The molecule has 1 fully saturated rings. The van der Waals surface area contributed by atoms with Crippen LogP contribution < -0.4 is 0 Å². The topological polar surface area (TPSA) is 87.0 Å². The third-order valence-corrected chi connectivity index (χ3v) is 3.86. The highest BCUT2D eigenvalue weighted by atomic mass is 16.5. The SMILES string of the molecule is [2H]c1c([2H])c(O)c([2H])c(C[C@H]2COC(=O)[C@@H]2Cc2cc(O)cc(O)c2)c1[2H]. The second kappa shape index (κ2) is 6.20. The number of rotatable bonds is 4.